The first kappa shape index (κ1) is 15.3. The summed E-state index contributed by atoms with van der Waals surface area (Å²) in [7, 11) is 0. The predicted molar refractivity (Wildman–Crippen MR) is 67.6 cm³/mol. The highest BCUT2D eigenvalue weighted by atomic mass is 16.6. The summed E-state index contributed by atoms with van der Waals surface area (Å²) in [6.45, 7) is 9.42. The number of rotatable bonds is 1. The number of carbonyl (C=O) groups is 1. The van der Waals surface area contributed by atoms with Gasteiger partial charge in [0.25, 0.3) is 0 Å². The van der Waals surface area contributed by atoms with Gasteiger partial charge in [-0.2, -0.15) is 0 Å². The fraction of sp³-hybridized carbons (Fsp3) is 0.583. The third kappa shape index (κ3) is 8.19. The van der Waals surface area contributed by atoms with Gasteiger partial charge in [0.2, 0.25) is 0 Å². The Morgan fingerprint density at radius 2 is 1.88 bits per heavy atom. The lowest BCUT2D eigenvalue weighted by Crippen LogP contribution is -2.27. The largest absolute Gasteiger partial charge is 0.446 e. The summed E-state index contributed by atoms with van der Waals surface area (Å²) >= 11 is 0. The molecule has 0 saturated carbocycles. The predicted octanol–water partition coefficient (Wildman–Crippen LogP) is 2.87. The standard InChI is InChI=1S/C7H11NO.C5H11NO2/c1-5(2)6-3-4-7(8)9-6;1-5(2,3)8-4(6)7/h3-5H,8H2,1-2H3;1-3H3,(H2,6,7). The molecule has 0 aliphatic carbocycles. The minimum Gasteiger partial charge on any atom is -0.446 e. The number of nitrogens with two attached hydrogens (primary N) is 2. The van der Waals surface area contributed by atoms with E-state index in [-0.39, 0.29) is 0 Å². The Morgan fingerprint density at radius 1 is 1.35 bits per heavy atom. The number of amides is 1. The van der Waals surface area contributed by atoms with Crippen LogP contribution in [0.4, 0.5) is 10.7 Å². The molecule has 17 heavy (non-hydrogen) atoms. The van der Waals surface area contributed by atoms with Crippen LogP contribution in [0.5, 0.6) is 0 Å². The molecule has 0 unspecified atom stereocenters. The van der Waals surface area contributed by atoms with E-state index in [9.17, 15) is 4.79 Å². The maximum absolute atomic E-state index is 10.0. The number of carbonyl (C=O) groups excluding carboxylic acids is 1. The van der Waals surface area contributed by atoms with Gasteiger partial charge in [-0.15, -0.1) is 0 Å². The van der Waals surface area contributed by atoms with Crippen LogP contribution in [0.25, 0.3) is 0 Å². The molecule has 5 nitrogen and oxygen atoms in total. The van der Waals surface area contributed by atoms with Crippen LogP contribution in [-0.2, 0) is 4.74 Å². The zero-order chi connectivity index (χ0) is 13.6. The van der Waals surface area contributed by atoms with Crippen molar-refractivity contribution < 1.29 is 13.9 Å². The fourth-order valence-electron chi connectivity index (χ4n) is 0.980. The molecule has 4 N–H and O–H groups in total. The van der Waals surface area contributed by atoms with Crippen molar-refractivity contribution in [1.82, 2.24) is 0 Å². The molecule has 1 rings (SSSR count). The zero-order valence-corrected chi connectivity index (χ0v) is 11.1. The summed E-state index contributed by atoms with van der Waals surface area (Å²) in [5.41, 5.74) is 9.61. The summed E-state index contributed by atoms with van der Waals surface area (Å²) < 4.78 is 9.70. The highest BCUT2D eigenvalue weighted by Crippen LogP contribution is 2.17. The molecule has 1 amide bonds. The first-order chi connectivity index (χ1) is 7.61. The lowest BCUT2D eigenvalue weighted by molar-refractivity contribution is 0.0600. The molecule has 1 heterocycles. The molecule has 0 bridgehead atoms. The Bertz CT molecular complexity index is 351. The molecule has 5 heteroatoms. The van der Waals surface area contributed by atoms with Crippen molar-refractivity contribution in [1.29, 1.82) is 0 Å². The number of primary amides is 1. The van der Waals surface area contributed by atoms with Gasteiger partial charge in [-0.25, -0.2) is 4.79 Å². The summed E-state index contributed by atoms with van der Waals surface area (Å²) in [6, 6.07) is 3.68. The Morgan fingerprint density at radius 3 is 2.00 bits per heavy atom. The maximum Gasteiger partial charge on any atom is 0.405 e. The first-order valence-corrected chi connectivity index (χ1v) is 5.45. The Labute approximate surface area is 102 Å². The maximum atomic E-state index is 10.0. The van der Waals surface area contributed by atoms with Gasteiger partial charge < -0.3 is 20.6 Å². The highest BCUT2D eigenvalue weighted by molar-refractivity contribution is 5.65. The van der Waals surface area contributed by atoms with Crippen molar-refractivity contribution in [2.75, 3.05) is 5.73 Å². The third-order valence-electron chi connectivity index (χ3n) is 1.62. The average Bonchev–Trinajstić information content (AvgIpc) is 2.47. The summed E-state index contributed by atoms with van der Waals surface area (Å²) in [4.78, 5) is 10.0. The van der Waals surface area contributed by atoms with E-state index >= 15 is 0 Å². The molecule has 0 radical (unpaired) electrons. The van der Waals surface area contributed by atoms with Crippen LogP contribution in [0.15, 0.2) is 16.5 Å². The number of hydrogen-bond acceptors (Lipinski definition) is 4. The molecule has 0 fully saturated rings. The Kier molecular flexibility index (Phi) is 5.58. The number of anilines is 1. The van der Waals surface area contributed by atoms with Crippen LogP contribution >= 0.6 is 0 Å². The quantitative estimate of drug-likeness (QED) is 0.792. The van der Waals surface area contributed by atoms with E-state index in [1.165, 1.54) is 0 Å². The third-order valence-corrected chi connectivity index (χ3v) is 1.62. The average molecular weight is 242 g/mol. The fourth-order valence-corrected chi connectivity index (χ4v) is 0.980. The molecule has 1 aromatic rings. The second kappa shape index (κ2) is 6.18. The summed E-state index contributed by atoms with van der Waals surface area (Å²) in [5, 5.41) is 0. The van der Waals surface area contributed by atoms with Gasteiger partial charge in [0.15, 0.2) is 5.88 Å². The highest BCUT2D eigenvalue weighted by Gasteiger charge is 2.12. The smallest absolute Gasteiger partial charge is 0.405 e. The molecular weight excluding hydrogens is 220 g/mol. The zero-order valence-electron chi connectivity index (χ0n) is 11.1. The van der Waals surface area contributed by atoms with Crippen molar-refractivity contribution in [3.05, 3.63) is 17.9 Å². The van der Waals surface area contributed by atoms with Gasteiger partial charge in [-0.3, -0.25) is 0 Å². The van der Waals surface area contributed by atoms with Gasteiger partial charge in [0.05, 0.1) is 0 Å². The molecule has 0 spiro atoms. The van der Waals surface area contributed by atoms with E-state index in [4.69, 9.17) is 15.9 Å². The summed E-state index contributed by atoms with van der Waals surface area (Å²) in [6.07, 6.45) is -0.725. The van der Waals surface area contributed by atoms with E-state index in [0.717, 1.165) is 5.76 Å². The summed E-state index contributed by atoms with van der Waals surface area (Å²) in [5.74, 6) is 1.88. The Hall–Kier alpha value is -1.65. The lowest BCUT2D eigenvalue weighted by atomic mass is 10.2. The van der Waals surface area contributed by atoms with Gasteiger partial charge in [0.1, 0.15) is 11.4 Å². The number of furan rings is 1. The van der Waals surface area contributed by atoms with Crippen LogP contribution in [0.1, 0.15) is 46.3 Å². The van der Waals surface area contributed by atoms with Gasteiger partial charge in [0, 0.05) is 12.0 Å². The molecule has 0 aliphatic heterocycles. The van der Waals surface area contributed by atoms with Gasteiger partial charge in [-0.05, 0) is 26.8 Å². The van der Waals surface area contributed by atoms with E-state index in [1.807, 2.05) is 6.07 Å². The molecule has 0 aromatic carbocycles. The number of nitrogen functional groups attached to an aromatic ring is 1. The molecular formula is C12H22N2O3. The van der Waals surface area contributed by atoms with Gasteiger partial charge in [-0.1, -0.05) is 13.8 Å². The minimum atomic E-state index is -0.725. The molecule has 0 aliphatic rings. The van der Waals surface area contributed by atoms with Crippen molar-refractivity contribution in [2.45, 2.75) is 46.1 Å². The van der Waals surface area contributed by atoms with Crippen LogP contribution < -0.4 is 11.5 Å². The number of ether oxygens (including phenoxy) is 1. The van der Waals surface area contributed by atoms with Crippen molar-refractivity contribution >= 4 is 12.0 Å². The second-order valence-electron chi connectivity index (χ2n) is 4.93. The van der Waals surface area contributed by atoms with Crippen molar-refractivity contribution in [3.63, 3.8) is 0 Å². The molecule has 98 valence electrons. The normalized spacial score (nSPS) is 10.7. The Balaban J connectivity index is 0.000000304. The van der Waals surface area contributed by atoms with Gasteiger partial charge >= 0.3 is 6.09 Å². The van der Waals surface area contributed by atoms with Crippen LogP contribution in [0.3, 0.4) is 0 Å². The van der Waals surface area contributed by atoms with E-state index < -0.39 is 11.7 Å². The van der Waals surface area contributed by atoms with Crippen molar-refractivity contribution in [2.24, 2.45) is 5.73 Å². The molecule has 0 saturated heterocycles. The monoisotopic (exact) mass is 242 g/mol. The minimum absolute atomic E-state index is 0.433. The second-order valence-corrected chi connectivity index (χ2v) is 4.93. The van der Waals surface area contributed by atoms with E-state index in [2.05, 4.69) is 18.6 Å². The molecule has 1 aromatic heterocycles. The van der Waals surface area contributed by atoms with Crippen LogP contribution in [0, 0.1) is 0 Å². The first-order valence-electron chi connectivity index (χ1n) is 5.45. The topological polar surface area (TPSA) is 91.5 Å². The van der Waals surface area contributed by atoms with Crippen LogP contribution in [0.2, 0.25) is 0 Å². The van der Waals surface area contributed by atoms with Crippen LogP contribution in [-0.4, -0.2) is 11.7 Å². The van der Waals surface area contributed by atoms with E-state index in [0.29, 0.717) is 11.8 Å². The molecule has 0 atom stereocenters. The number of hydrogen-bond donors (Lipinski definition) is 2. The lowest BCUT2D eigenvalue weighted by Gasteiger charge is -2.16. The van der Waals surface area contributed by atoms with Crippen molar-refractivity contribution in [3.8, 4) is 0 Å². The van der Waals surface area contributed by atoms with E-state index in [1.54, 1.807) is 26.8 Å². The SMILES string of the molecule is CC(C)(C)OC(N)=O.CC(C)c1ccc(N)o1.